The molecule has 1 aliphatic heterocycles. The molecule has 0 radical (unpaired) electrons. The number of aliphatic hydroxyl groups excluding tert-OH is 1. The Morgan fingerprint density at radius 3 is 2.30 bits per heavy atom. The summed E-state index contributed by atoms with van der Waals surface area (Å²) in [4.78, 5) is 50.0. The van der Waals surface area contributed by atoms with E-state index in [9.17, 15) is 44.9 Å². The van der Waals surface area contributed by atoms with Crippen molar-refractivity contribution < 1.29 is 53.9 Å². The van der Waals surface area contributed by atoms with Gasteiger partial charge in [-0.1, -0.05) is 24.3 Å². The van der Waals surface area contributed by atoms with Gasteiger partial charge in [0.1, 0.15) is 23.7 Å². The number of fused-ring (bicyclic) bond motifs is 3. The van der Waals surface area contributed by atoms with Crippen LogP contribution in [0, 0.1) is 10.1 Å². The van der Waals surface area contributed by atoms with Gasteiger partial charge in [-0.05, 0) is 19.1 Å². The molecule has 15 heteroatoms. The zero-order valence-electron chi connectivity index (χ0n) is 24.9. The fourth-order valence-electron chi connectivity index (χ4n) is 6.36. The molecule has 6 rings (SSSR count). The zero-order valence-corrected chi connectivity index (χ0v) is 24.9. The van der Waals surface area contributed by atoms with E-state index in [1.165, 1.54) is 36.4 Å². The number of aliphatic hydroxyl groups is 2. The first-order chi connectivity index (χ1) is 22.3. The van der Waals surface area contributed by atoms with E-state index in [0.29, 0.717) is 0 Å². The smallest absolute Gasteiger partial charge is 0.411 e. The van der Waals surface area contributed by atoms with Gasteiger partial charge in [-0.15, -0.1) is 0 Å². The number of benzene rings is 3. The molecule has 3 aromatic rings. The molecule has 0 aromatic heterocycles. The molecule has 3 aliphatic rings. The van der Waals surface area contributed by atoms with Crippen LogP contribution in [0.3, 0.4) is 0 Å². The lowest BCUT2D eigenvalue weighted by Gasteiger charge is -2.42. The molecule has 1 saturated heterocycles. The number of hydrogen-bond donors (Lipinski definition) is 6. The van der Waals surface area contributed by atoms with Crippen LogP contribution in [0.2, 0.25) is 0 Å². The Morgan fingerprint density at radius 2 is 1.70 bits per heavy atom. The van der Waals surface area contributed by atoms with Crippen molar-refractivity contribution in [3.05, 3.63) is 92.0 Å². The van der Waals surface area contributed by atoms with Gasteiger partial charge in [0.15, 0.2) is 17.9 Å². The summed E-state index contributed by atoms with van der Waals surface area (Å²) in [6.07, 6.45) is -5.79. The maximum absolute atomic E-state index is 13.6. The number of aromatic hydroxyl groups is 2. The Balaban J connectivity index is 1.34. The van der Waals surface area contributed by atoms with Crippen LogP contribution in [0.4, 0.5) is 16.2 Å². The Hall–Kier alpha value is -4.93. The first-order valence-electron chi connectivity index (χ1n) is 14.7. The number of phenols is 2. The minimum absolute atomic E-state index is 0.0202. The Morgan fingerprint density at radius 1 is 1.09 bits per heavy atom. The number of phenolic OH excluding ortho intramolecular Hbond substituents is 2. The number of anilines is 1. The molecule has 7 N–H and O–H groups in total. The van der Waals surface area contributed by atoms with Crippen LogP contribution >= 0.6 is 0 Å². The van der Waals surface area contributed by atoms with Gasteiger partial charge < -0.3 is 40.4 Å². The van der Waals surface area contributed by atoms with E-state index >= 15 is 0 Å². The Kier molecular flexibility index (Phi) is 8.19. The van der Waals surface area contributed by atoms with Crippen molar-refractivity contribution in [3.8, 4) is 11.5 Å². The van der Waals surface area contributed by atoms with E-state index in [0.717, 1.165) is 0 Å². The third kappa shape index (κ3) is 5.79. The van der Waals surface area contributed by atoms with Gasteiger partial charge in [0.2, 0.25) is 0 Å². The molecule has 47 heavy (non-hydrogen) atoms. The fourth-order valence-corrected chi connectivity index (χ4v) is 6.36. The Bertz CT molecular complexity index is 1780. The molecule has 3 aromatic carbocycles. The number of nitrogens with zero attached hydrogens (tertiary/aromatic N) is 1. The molecule has 0 bridgehead atoms. The number of ether oxygens (including phenoxy) is 3. The van der Waals surface area contributed by atoms with Crippen LogP contribution in [0.25, 0.3) is 0 Å². The second-order valence-corrected chi connectivity index (χ2v) is 11.9. The summed E-state index contributed by atoms with van der Waals surface area (Å²) in [5.41, 5.74) is 3.20. The van der Waals surface area contributed by atoms with Crippen molar-refractivity contribution in [3.63, 3.8) is 0 Å². The topological polar surface area (TPSA) is 241 Å². The largest absolute Gasteiger partial charge is 0.507 e. The monoisotopic (exact) mass is 649 g/mol. The first kappa shape index (κ1) is 32.0. The maximum Gasteiger partial charge on any atom is 0.411 e. The molecule has 15 nitrogen and oxygen atoms in total. The van der Waals surface area contributed by atoms with E-state index in [4.69, 9.17) is 19.9 Å². The summed E-state index contributed by atoms with van der Waals surface area (Å²) in [7, 11) is 0. The van der Waals surface area contributed by atoms with E-state index in [1.54, 1.807) is 19.1 Å². The molecule has 1 unspecified atom stereocenters. The molecule has 6 atom stereocenters. The number of ketones is 2. The molecule has 0 spiro atoms. The number of nitrogens with two attached hydrogens (primary N) is 1. The second-order valence-electron chi connectivity index (χ2n) is 11.9. The highest BCUT2D eigenvalue weighted by Crippen LogP contribution is 2.52. The van der Waals surface area contributed by atoms with Crippen LogP contribution in [0.15, 0.2) is 48.5 Å². The molecule has 2 aliphatic carbocycles. The summed E-state index contributed by atoms with van der Waals surface area (Å²) in [6, 6.07) is 10.2. The summed E-state index contributed by atoms with van der Waals surface area (Å²) in [6.45, 7) is 0.933. The number of nitro groups is 1. The van der Waals surface area contributed by atoms with Crippen molar-refractivity contribution in [2.24, 2.45) is 5.73 Å². The molecule has 1 amide bonds. The van der Waals surface area contributed by atoms with Crippen molar-refractivity contribution in [2.75, 3.05) is 11.9 Å². The normalized spacial score (nSPS) is 26.5. The van der Waals surface area contributed by atoms with Crippen LogP contribution in [0.1, 0.15) is 68.8 Å². The van der Waals surface area contributed by atoms with Crippen molar-refractivity contribution in [2.45, 2.75) is 62.4 Å². The van der Waals surface area contributed by atoms with Crippen molar-refractivity contribution in [1.29, 1.82) is 0 Å². The minimum atomic E-state index is -1.94. The summed E-state index contributed by atoms with van der Waals surface area (Å²) >= 11 is 0. The third-order valence-electron chi connectivity index (χ3n) is 8.72. The quantitative estimate of drug-likeness (QED) is 0.100. The molecule has 1 fully saturated rings. The van der Waals surface area contributed by atoms with Gasteiger partial charge in [0.05, 0.1) is 34.4 Å². The number of carbonyl (C=O) groups excluding carboxylic acids is 3. The Labute approximate surface area is 266 Å². The van der Waals surface area contributed by atoms with E-state index in [2.05, 4.69) is 5.32 Å². The number of nitro benzene ring substituents is 1. The first-order valence-corrected chi connectivity index (χ1v) is 14.7. The number of rotatable bonds is 6. The highest BCUT2D eigenvalue weighted by Gasteiger charge is 2.48. The van der Waals surface area contributed by atoms with Gasteiger partial charge in [-0.25, -0.2) is 4.79 Å². The molecule has 246 valence electrons. The van der Waals surface area contributed by atoms with Gasteiger partial charge in [0, 0.05) is 65.4 Å². The molecular formula is C32H31N3O12. The van der Waals surface area contributed by atoms with Gasteiger partial charge in [-0.3, -0.25) is 25.0 Å². The van der Waals surface area contributed by atoms with Crippen LogP contribution in [-0.4, -0.2) is 79.8 Å². The highest BCUT2D eigenvalue weighted by molar-refractivity contribution is 6.30. The number of non-ortho nitro benzene ring substituents is 1. The van der Waals surface area contributed by atoms with Crippen molar-refractivity contribution in [1.82, 2.24) is 0 Å². The van der Waals surface area contributed by atoms with E-state index in [-0.39, 0.29) is 46.5 Å². The third-order valence-corrected chi connectivity index (χ3v) is 8.72. The number of carbonyl (C=O) groups is 3. The van der Waals surface area contributed by atoms with E-state index < -0.39 is 94.5 Å². The lowest BCUT2D eigenvalue weighted by molar-refractivity contribution is -0.384. The average Bonchev–Trinajstić information content (AvgIpc) is 3.03. The predicted octanol–water partition coefficient (Wildman–Crippen LogP) is 2.59. The SMILES string of the molecule is C[C@H]1O[C@@H](O[C@H]2CC(O)(COC(=O)Nc3ccc([N+](=O)[O-])cc3)Cc3c(O)c4c(c(O)c32)C(=O)c2ccccc2C4=O)C[C@H](N)[C@H]1O. The zero-order chi connectivity index (χ0) is 33.8. The number of nitrogens with one attached hydrogen (secondary N) is 1. The molecule has 1 heterocycles. The number of hydrogen-bond acceptors (Lipinski definition) is 13. The van der Waals surface area contributed by atoms with E-state index in [1.807, 2.05) is 0 Å². The summed E-state index contributed by atoms with van der Waals surface area (Å²) in [5, 5.41) is 58.4. The predicted molar refractivity (Wildman–Crippen MR) is 161 cm³/mol. The van der Waals surface area contributed by atoms with Gasteiger partial charge in [-0.2, -0.15) is 0 Å². The fraction of sp³-hybridized carbons (Fsp3) is 0.344. The summed E-state index contributed by atoms with van der Waals surface area (Å²) in [5.74, 6) is -2.66. The van der Waals surface area contributed by atoms with Crippen LogP contribution in [-0.2, 0) is 20.6 Å². The highest BCUT2D eigenvalue weighted by atomic mass is 16.7. The van der Waals surface area contributed by atoms with Gasteiger partial charge >= 0.3 is 6.09 Å². The maximum atomic E-state index is 13.6. The second kappa shape index (κ2) is 12.0. The molecular weight excluding hydrogens is 618 g/mol. The van der Waals surface area contributed by atoms with Crippen LogP contribution in [0.5, 0.6) is 11.5 Å². The van der Waals surface area contributed by atoms with Gasteiger partial charge in [0.25, 0.3) is 5.69 Å². The average molecular weight is 650 g/mol. The minimum Gasteiger partial charge on any atom is -0.507 e. The standard InChI is InChI=1S/C32H31N3O12/c1-14-26(36)20(33)10-22(46-14)47-21-12-32(42,13-45-31(41)34-15-6-8-16(9-7-15)35(43)44)11-19-23(21)30(40)25-24(29(19)39)27(37)17-4-2-3-5-18(17)28(25)38/h2-9,14,20-22,26,36,39-40,42H,10-13,33H2,1H3,(H,34,41)/t14-,20+,21+,22+,26+,32?/m1/s1. The summed E-state index contributed by atoms with van der Waals surface area (Å²) < 4.78 is 17.3. The molecule has 0 saturated carbocycles. The number of amides is 1. The lowest BCUT2D eigenvalue weighted by Crippen LogP contribution is -2.52. The lowest BCUT2D eigenvalue weighted by atomic mass is 9.73. The van der Waals surface area contributed by atoms with Crippen LogP contribution < -0.4 is 11.1 Å². The van der Waals surface area contributed by atoms with Crippen molar-refractivity contribution >= 4 is 29.0 Å².